The van der Waals surface area contributed by atoms with Gasteiger partial charge in [0.05, 0.1) is 11.1 Å². The van der Waals surface area contributed by atoms with E-state index in [0.29, 0.717) is 10.9 Å². The minimum Gasteiger partial charge on any atom is -0.871 e. The molecule has 6 nitrogen and oxygen atoms in total. The molecule has 0 radical (unpaired) electrons. The van der Waals surface area contributed by atoms with Gasteiger partial charge in [0, 0.05) is 5.39 Å². The van der Waals surface area contributed by atoms with Crippen LogP contribution in [0.1, 0.15) is 15.9 Å². The van der Waals surface area contributed by atoms with E-state index in [0.717, 1.165) is 0 Å². The minimum absolute atomic E-state index is 0.108. The molecule has 6 heteroatoms. The van der Waals surface area contributed by atoms with E-state index in [1.54, 1.807) is 48.5 Å². The molecule has 0 atom stereocenters. The van der Waals surface area contributed by atoms with Gasteiger partial charge in [-0.25, -0.2) is 9.59 Å². The predicted molar refractivity (Wildman–Crippen MR) is 105 cm³/mol. The quantitative estimate of drug-likeness (QED) is 0.172. The van der Waals surface area contributed by atoms with E-state index >= 15 is 0 Å². The van der Waals surface area contributed by atoms with Crippen molar-refractivity contribution in [2.24, 2.45) is 0 Å². The van der Waals surface area contributed by atoms with Crippen LogP contribution in [0.25, 0.3) is 17.0 Å². The first-order valence-electron chi connectivity index (χ1n) is 8.70. The summed E-state index contributed by atoms with van der Waals surface area (Å²) in [5.74, 6) is -1.36. The summed E-state index contributed by atoms with van der Waals surface area (Å²) in [4.78, 5) is 36.4. The Morgan fingerprint density at radius 1 is 0.862 bits per heavy atom. The second-order valence-corrected chi connectivity index (χ2v) is 6.17. The number of ketones is 1. The zero-order valence-corrected chi connectivity index (χ0v) is 15.0. The van der Waals surface area contributed by atoms with Crippen LogP contribution >= 0.6 is 0 Å². The molecule has 0 saturated carbocycles. The average molecular weight is 385 g/mol. The number of ether oxygens (including phenoxy) is 1. The lowest BCUT2D eigenvalue weighted by Crippen LogP contribution is -2.24. The summed E-state index contributed by atoms with van der Waals surface area (Å²) < 4.78 is 10.3. The molecule has 0 N–H and O–H groups in total. The number of benzene rings is 2. The van der Waals surface area contributed by atoms with Crippen LogP contribution in [0.4, 0.5) is 0 Å². The third kappa shape index (κ3) is 3.39. The molecule has 29 heavy (non-hydrogen) atoms. The van der Waals surface area contributed by atoms with Gasteiger partial charge in [-0.05, 0) is 30.4 Å². The Balaban J connectivity index is 1.58. The molecule has 0 amide bonds. The first kappa shape index (κ1) is 18.2. The van der Waals surface area contributed by atoms with Crippen molar-refractivity contribution in [3.05, 3.63) is 100.0 Å². The Hall–Kier alpha value is -4.19. The second-order valence-electron chi connectivity index (χ2n) is 6.17. The Labute approximate surface area is 164 Å². The van der Waals surface area contributed by atoms with E-state index in [1.807, 2.05) is 0 Å². The highest BCUT2D eigenvalue weighted by Gasteiger charge is 2.29. The standard InChI is InChI=1S/C23H14O6/c24-20-14-8-4-6-12-18(14)28-22(26)16(20)10-2-1-3-11-17-21(25)15-9-5-7-13-19(15)29-23(17)27/h1-13,24H/p-1. The molecule has 0 saturated heterocycles. The van der Waals surface area contributed by atoms with Crippen molar-refractivity contribution in [1.82, 2.24) is 0 Å². The van der Waals surface area contributed by atoms with Crippen LogP contribution in [0.5, 0.6) is 11.5 Å². The minimum atomic E-state index is -0.737. The van der Waals surface area contributed by atoms with E-state index in [2.05, 4.69) is 0 Å². The molecule has 2 heterocycles. The molecular formula is C23H13O6-. The Kier molecular flexibility index (Phi) is 4.66. The number of rotatable bonds is 3. The molecule has 1 aliphatic rings. The van der Waals surface area contributed by atoms with Crippen LogP contribution in [0.3, 0.4) is 0 Å². The van der Waals surface area contributed by atoms with Crippen molar-refractivity contribution < 1.29 is 23.8 Å². The van der Waals surface area contributed by atoms with Crippen LogP contribution < -0.4 is 15.5 Å². The molecule has 0 bridgehead atoms. The average Bonchev–Trinajstić information content (AvgIpc) is 2.72. The van der Waals surface area contributed by atoms with Gasteiger partial charge in [-0.2, -0.15) is 0 Å². The number of allylic oxidation sites excluding steroid dienone is 4. The predicted octanol–water partition coefficient (Wildman–Crippen LogP) is 3.16. The molecule has 0 spiro atoms. The highest BCUT2D eigenvalue weighted by molar-refractivity contribution is 6.27. The molecule has 0 fully saturated rings. The summed E-state index contributed by atoms with van der Waals surface area (Å²) >= 11 is 0. The molecular weight excluding hydrogens is 372 g/mol. The monoisotopic (exact) mass is 385 g/mol. The third-order valence-corrected chi connectivity index (χ3v) is 4.35. The summed E-state index contributed by atoms with van der Waals surface area (Å²) in [6.45, 7) is 0. The van der Waals surface area contributed by atoms with Gasteiger partial charge < -0.3 is 14.3 Å². The maximum absolute atomic E-state index is 12.4. The third-order valence-electron chi connectivity index (χ3n) is 4.35. The highest BCUT2D eigenvalue weighted by atomic mass is 16.5. The maximum atomic E-state index is 12.4. The second kappa shape index (κ2) is 7.44. The molecule has 2 aromatic carbocycles. The van der Waals surface area contributed by atoms with E-state index < -0.39 is 23.1 Å². The maximum Gasteiger partial charge on any atom is 0.347 e. The van der Waals surface area contributed by atoms with Crippen molar-refractivity contribution >= 4 is 28.8 Å². The summed E-state index contributed by atoms with van der Waals surface area (Å²) in [5, 5.41) is 12.7. The van der Waals surface area contributed by atoms with Crippen LogP contribution in [-0.4, -0.2) is 11.8 Å². The first-order chi connectivity index (χ1) is 14.1. The van der Waals surface area contributed by atoms with Gasteiger partial charge in [0.2, 0.25) is 5.78 Å². The normalized spacial score (nSPS) is 15.4. The van der Waals surface area contributed by atoms with Crippen LogP contribution in [0.2, 0.25) is 0 Å². The van der Waals surface area contributed by atoms with E-state index in [1.165, 1.54) is 30.4 Å². The fourth-order valence-electron chi connectivity index (χ4n) is 2.93. The van der Waals surface area contributed by atoms with Crippen molar-refractivity contribution in [3.63, 3.8) is 0 Å². The topological polar surface area (TPSA) is 96.6 Å². The van der Waals surface area contributed by atoms with Gasteiger partial charge in [0.15, 0.2) is 0 Å². The number of hydrogen-bond donors (Lipinski definition) is 0. The largest absolute Gasteiger partial charge is 0.871 e. The number of carbonyl (C=O) groups excluding carboxylic acids is 2. The number of hydrogen-bond acceptors (Lipinski definition) is 6. The smallest absolute Gasteiger partial charge is 0.347 e. The lowest BCUT2D eigenvalue weighted by atomic mass is 9.99. The van der Waals surface area contributed by atoms with Crippen LogP contribution in [0, 0.1) is 0 Å². The molecule has 1 aromatic heterocycles. The Bertz CT molecular complexity index is 1290. The Morgan fingerprint density at radius 2 is 1.62 bits per heavy atom. The number of fused-ring (bicyclic) bond motifs is 2. The molecule has 0 unspecified atom stereocenters. The lowest BCUT2D eigenvalue weighted by molar-refractivity contribution is -0.266. The van der Waals surface area contributed by atoms with Gasteiger partial charge in [-0.1, -0.05) is 54.3 Å². The molecule has 4 rings (SSSR count). The zero-order chi connectivity index (χ0) is 20.4. The molecule has 142 valence electrons. The number of carbonyl (C=O) groups is 2. The number of para-hydroxylation sites is 2. The Morgan fingerprint density at radius 3 is 2.48 bits per heavy atom. The summed E-state index contributed by atoms with van der Waals surface area (Å²) in [6.07, 6.45) is 7.04. The van der Waals surface area contributed by atoms with E-state index in [-0.39, 0.29) is 22.5 Å². The van der Waals surface area contributed by atoms with Crippen LogP contribution in [-0.2, 0) is 4.79 Å². The fourth-order valence-corrected chi connectivity index (χ4v) is 2.93. The van der Waals surface area contributed by atoms with Crippen molar-refractivity contribution in [1.29, 1.82) is 0 Å². The van der Waals surface area contributed by atoms with E-state index in [9.17, 15) is 19.5 Å². The molecule has 3 aromatic rings. The number of esters is 1. The zero-order valence-electron chi connectivity index (χ0n) is 15.0. The van der Waals surface area contributed by atoms with Crippen molar-refractivity contribution in [2.45, 2.75) is 0 Å². The SMILES string of the molecule is O=C1Oc2ccccc2C(=O)C1=CC=CC=Cc1c([O-])c2ccccc2oc1=O. The van der Waals surface area contributed by atoms with Crippen molar-refractivity contribution in [3.8, 4) is 11.5 Å². The highest BCUT2D eigenvalue weighted by Crippen LogP contribution is 2.27. The molecule has 1 aliphatic heterocycles. The van der Waals surface area contributed by atoms with Crippen molar-refractivity contribution in [2.75, 3.05) is 0 Å². The van der Waals surface area contributed by atoms with Gasteiger partial charge in [0.1, 0.15) is 16.9 Å². The van der Waals surface area contributed by atoms with Gasteiger partial charge in [0.25, 0.3) is 0 Å². The summed E-state index contributed by atoms with van der Waals surface area (Å²) in [6, 6.07) is 13.0. The van der Waals surface area contributed by atoms with E-state index in [4.69, 9.17) is 9.15 Å². The molecule has 0 aliphatic carbocycles. The van der Waals surface area contributed by atoms with Gasteiger partial charge >= 0.3 is 11.6 Å². The summed E-state index contributed by atoms with van der Waals surface area (Å²) in [7, 11) is 0. The van der Waals surface area contributed by atoms with Gasteiger partial charge in [-0.3, -0.25) is 4.79 Å². The summed E-state index contributed by atoms with van der Waals surface area (Å²) in [5.41, 5.74) is -0.410. The fraction of sp³-hybridized carbons (Fsp3) is 0. The number of Topliss-reactive ketones (excluding diaryl/α,β-unsaturated/α-hetero) is 1. The lowest BCUT2D eigenvalue weighted by Gasteiger charge is -2.15. The van der Waals surface area contributed by atoms with Gasteiger partial charge in [-0.15, -0.1) is 0 Å². The van der Waals surface area contributed by atoms with Crippen LogP contribution in [0.15, 0.2) is 87.6 Å². The first-order valence-corrected chi connectivity index (χ1v) is 8.70.